The minimum Gasteiger partial charge on any atom is -0.357 e. The molecule has 0 saturated carbocycles. The fourth-order valence-corrected chi connectivity index (χ4v) is 4.11. The number of fused-ring (bicyclic) bond motifs is 1. The standard InChI is InChI=1S/C22H27ClN4O/c1-3-4-5-11-26-20(25-12-10-16(2)14-25)13-21(28)27-15-19(24-22(26)27)17-6-8-18(23)9-7-17/h6-9,13,15-16H,3-5,10-12,14H2,1-2H3. The van der Waals surface area contributed by atoms with Gasteiger partial charge in [0.1, 0.15) is 5.82 Å². The van der Waals surface area contributed by atoms with Crippen molar-refractivity contribution >= 4 is 23.2 Å². The molecule has 1 fully saturated rings. The average molecular weight is 399 g/mol. The maximum Gasteiger partial charge on any atom is 0.261 e. The number of halogens is 1. The first-order valence-electron chi connectivity index (χ1n) is 10.2. The Kier molecular flexibility index (Phi) is 5.44. The number of unbranched alkanes of at least 4 members (excludes halogenated alkanes) is 2. The van der Waals surface area contributed by atoms with E-state index < -0.39 is 0 Å². The number of aryl methyl sites for hydroxylation is 1. The molecule has 0 bridgehead atoms. The van der Waals surface area contributed by atoms with Gasteiger partial charge < -0.3 is 4.90 Å². The molecule has 1 atom stereocenters. The van der Waals surface area contributed by atoms with Crippen LogP contribution in [0.1, 0.15) is 39.5 Å². The van der Waals surface area contributed by atoms with Gasteiger partial charge in [-0.25, -0.2) is 4.98 Å². The highest BCUT2D eigenvalue weighted by Gasteiger charge is 2.23. The predicted octanol–water partition coefficient (Wildman–Crippen LogP) is 4.85. The van der Waals surface area contributed by atoms with Gasteiger partial charge in [0.25, 0.3) is 5.56 Å². The largest absolute Gasteiger partial charge is 0.357 e. The summed E-state index contributed by atoms with van der Waals surface area (Å²) in [7, 11) is 0. The Morgan fingerprint density at radius 2 is 2.00 bits per heavy atom. The lowest BCUT2D eigenvalue weighted by Gasteiger charge is -2.23. The lowest BCUT2D eigenvalue weighted by atomic mass is 10.2. The highest BCUT2D eigenvalue weighted by molar-refractivity contribution is 6.30. The molecule has 1 aliphatic rings. The van der Waals surface area contributed by atoms with Crippen LogP contribution < -0.4 is 10.5 Å². The maximum atomic E-state index is 12.9. The first kappa shape index (κ1) is 19.1. The van der Waals surface area contributed by atoms with Crippen molar-refractivity contribution in [2.24, 2.45) is 5.92 Å². The molecule has 3 aromatic rings. The van der Waals surface area contributed by atoms with E-state index in [2.05, 4.69) is 23.3 Å². The van der Waals surface area contributed by atoms with E-state index in [0.717, 1.165) is 55.3 Å². The zero-order valence-corrected chi connectivity index (χ0v) is 17.3. The van der Waals surface area contributed by atoms with Crippen LogP contribution in [0.5, 0.6) is 0 Å². The molecular formula is C22H27ClN4O. The van der Waals surface area contributed by atoms with Gasteiger partial charge in [-0.3, -0.25) is 13.8 Å². The van der Waals surface area contributed by atoms with Gasteiger partial charge in [-0.2, -0.15) is 0 Å². The van der Waals surface area contributed by atoms with Crippen molar-refractivity contribution in [1.29, 1.82) is 0 Å². The summed E-state index contributed by atoms with van der Waals surface area (Å²) >= 11 is 6.02. The second kappa shape index (κ2) is 8.00. The summed E-state index contributed by atoms with van der Waals surface area (Å²) in [6.07, 6.45) is 6.41. The summed E-state index contributed by atoms with van der Waals surface area (Å²) in [5.41, 5.74) is 1.73. The van der Waals surface area contributed by atoms with Gasteiger partial charge >= 0.3 is 0 Å². The van der Waals surface area contributed by atoms with E-state index in [1.54, 1.807) is 10.5 Å². The molecule has 0 radical (unpaired) electrons. The van der Waals surface area contributed by atoms with Crippen LogP contribution in [0.15, 0.2) is 41.3 Å². The van der Waals surface area contributed by atoms with E-state index in [4.69, 9.17) is 16.6 Å². The number of nitrogens with zero attached hydrogens (tertiary/aromatic N) is 4. The fraction of sp³-hybridized carbons (Fsp3) is 0.455. The van der Waals surface area contributed by atoms with Crippen molar-refractivity contribution in [3.63, 3.8) is 0 Å². The molecule has 1 aromatic carbocycles. The predicted molar refractivity (Wildman–Crippen MR) is 115 cm³/mol. The van der Waals surface area contributed by atoms with Gasteiger partial charge in [0.2, 0.25) is 5.78 Å². The van der Waals surface area contributed by atoms with Crippen LogP contribution in [-0.2, 0) is 6.54 Å². The highest BCUT2D eigenvalue weighted by atomic mass is 35.5. The first-order chi connectivity index (χ1) is 13.6. The van der Waals surface area contributed by atoms with Crippen molar-refractivity contribution in [2.75, 3.05) is 18.0 Å². The first-order valence-corrected chi connectivity index (χ1v) is 10.6. The number of rotatable bonds is 6. The van der Waals surface area contributed by atoms with Crippen molar-refractivity contribution in [1.82, 2.24) is 14.0 Å². The van der Waals surface area contributed by atoms with E-state index in [1.165, 1.54) is 12.8 Å². The second-order valence-electron chi connectivity index (χ2n) is 7.84. The van der Waals surface area contributed by atoms with E-state index in [0.29, 0.717) is 10.9 Å². The Bertz CT molecular complexity index is 1020. The minimum absolute atomic E-state index is 0.0241. The van der Waals surface area contributed by atoms with E-state index in [9.17, 15) is 4.79 Å². The Morgan fingerprint density at radius 1 is 1.21 bits per heavy atom. The molecule has 1 saturated heterocycles. The average Bonchev–Trinajstić information content (AvgIpc) is 3.31. The molecule has 148 valence electrons. The van der Waals surface area contributed by atoms with Crippen molar-refractivity contribution < 1.29 is 0 Å². The van der Waals surface area contributed by atoms with Crippen molar-refractivity contribution in [2.45, 2.75) is 46.1 Å². The molecule has 1 aliphatic heterocycles. The smallest absolute Gasteiger partial charge is 0.261 e. The topological polar surface area (TPSA) is 42.5 Å². The lowest BCUT2D eigenvalue weighted by molar-refractivity contribution is 0.594. The molecule has 1 unspecified atom stereocenters. The van der Waals surface area contributed by atoms with Gasteiger partial charge in [0.15, 0.2) is 0 Å². The number of anilines is 1. The van der Waals surface area contributed by atoms with Gasteiger partial charge in [0, 0.05) is 42.5 Å². The minimum atomic E-state index is -0.0241. The van der Waals surface area contributed by atoms with Gasteiger partial charge in [-0.15, -0.1) is 0 Å². The number of aromatic nitrogens is 3. The van der Waals surface area contributed by atoms with Crippen molar-refractivity contribution in [3.05, 3.63) is 51.9 Å². The summed E-state index contributed by atoms with van der Waals surface area (Å²) < 4.78 is 3.91. The molecule has 0 amide bonds. The Hall–Kier alpha value is -2.27. The zero-order chi connectivity index (χ0) is 19.7. The van der Waals surface area contributed by atoms with Crippen LogP contribution in [0.25, 0.3) is 17.0 Å². The van der Waals surface area contributed by atoms with Gasteiger partial charge in [0.05, 0.1) is 5.69 Å². The van der Waals surface area contributed by atoms with Crippen LogP contribution in [-0.4, -0.2) is 27.0 Å². The monoisotopic (exact) mass is 398 g/mol. The number of hydrogen-bond donors (Lipinski definition) is 0. The van der Waals surface area contributed by atoms with E-state index >= 15 is 0 Å². The SMILES string of the molecule is CCCCCn1c(N2CCC(C)C2)cc(=O)n2cc(-c3ccc(Cl)cc3)nc12. The van der Waals surface area contributed by atoms with Crippen LogP contribution in [0.3, 0.4) is 0 Å². The second-order valence-corrected chi connectivity index (χ2v) is 8.28. The molecule has 3 heterocycles. The third-order valence-electron chi connectivity index (χ3n) is 5.57. The summed E-state index contributed by atoms with van der Waals surface area (Å²) in [5.74, 6) is 2.38. The Morgan fingerprint density at radius 3 is 2.68 bits per heavy atom. The number of imidazole rings is 1. The van der Waals surface area contributed by atoms with Gasteiger partial charge in [-0.05, 0) is 30.9 Å². The summed E-state index contributed by atoms with van der Waals surface area (Å²) in [5, 5.41) is 0.692. The maximum absolute atomic E-state index is 12.9. The quantitative estimate of drug-likeness (QED) is 0.557. The molecule has 5 nitrogen and oxygen atoms in total. The van der Waals surface area contributed by atoms with Gasteiger partial charge in [-0.1, -0.05) is 50.4 Å². The highest BCUT2D eigenvalue weighted by Crippen LogP contribution is 2.26. The van der Waals surface area contributed by atoms with E-state index in [1.807, 2.05) is 30.5 Å². The van der Waals surface area contributed by atoms with Crippen LogP contribution in [0.2, 0.25) is 5.02 Å². The molecule has 28 heavy (non-hydrogen) atoms. The molecule has 4 rings (SSSR count). The molecule has 6 heteroatoms. The van der Waals surface area contributed by atoms with E-state index in [-0.39, 0.29) is 5.56 Å². The van der Waals surface area contributed by atoms with Crippen LogP contribution in [0.4, 0.5) is 5.82 Å². The zero-order valence-electron chi connectivity index (χ0n) is 16.6. The lowest BCUT2D eigenvalue weighted by Crippen LogP contribution is -2.28. The normalized spacial score (nSPS) is 17.0. The molecular weight excluding hydrogens is 372 g/mol. The third kappa shape index (κ3) is 3.68. The molecule has 0 N–H and O–H groups in total. The fourth-order valence-electron chi connectivity index (χ4n) is 3.98. The summed E-state index contributed by atoms with van der Waals surface area (Å²) in [6.45, 7) is 7.34. The molecule has 2 aromatic heterocycles. The Balaban J connectivity index is 1.83. The number of hydrogen-bond acceptors (Lipinski definition) is 3. The van der Waals surface area contributed by atoms with Crippen LogP contribution in [0, 0.1) is 5.92 Å². The third-order valence-corrected chi connectivity index (χ3v) is 5.82. The molecule has 0 spiro atoms. The van der Waals surface area contributed by atoms with Crippen LogP contribution >= 0.6 is 11.6 Å². The molecule has 0 aliphatic carbocycles. The number of benzene rings is 1. The van der Waals surface area contributed by atoms with Crippen molar-refractivity contribution in [3.8, 4) is 11.3 Å². The summed E-state index contributed by atoms with van der Waals surface area (Å²) in [4.78, 5) is 20.1. The Labute approximate surface area is 170 Å². The summed E-state index contributed by atoms with van der Waals surface area (Å²) in [6, 6.07) is 9.37.